The Morgan fingerprint density at radius 1 is 1.05 bits per heavy atom. The summed E-state index contributed by atoms with van der Waals surface area (Å²) in [7, 11) is 0. The van der Waals surface area contributed by atoms with E-state index in [0.717, 1.165) is 12.1 Å². The molecule has 2 heterocycles. The highest BCUT2D eigenvalue weighted by atomic mass is 35.5. The van der Waals surface area contributed by atoms with Crippen molar-refractivity contribution in [1.82, 2.24) is 4.98 Å². The molecule has 0 aliphatic carbocycles. The minimum absolute atomic E-state index is 0. The van der Waals surface area contributed by atoms with E-state index in [2.05, 4.69) is 15.6 Å². The molecule has 0 saturated heterocycles. The molecule has 7 nitrogen and oxygen atoms in total. The Morgan fingerprint density at radius 3 is 2.46 bits per heavy atom. The summed E-state index contributed by atoms with van der Waals surface area (Å²) in [6, 6.07) is 12.3. The first-order valence-electron chi connectivity index (χ1n) is 10.8. The molecule has 0 fully saturated rings. The summed E-state index contributed by atoms with van der Waals surface area (Å²) in [6.45, 7) is 0. The number of aromatic amines is 1. The summed E-state index contributed by atoms with van der Waals surface area (Å²) in [6.07, 6.45) is -0.112. The fourth-order valence-corrected chi connectivity index (χ4v) is 3.76. The molecule has 1 unspecified atom stereocenters. The Bertz CT molecular complexity index is 1430. The van der Waals surface area contributed by atoms with E-state index in [4.69, 9.17) is 0 Å². The second kappa shape index (κ2) is 11.3. The molecule has 4 rings (SSSR count). The normalized spacial score (nSPS) is 15.5. The third-order valence-corrected chi connectivity index (χ3v) is 5.51. The Labute approximate surface area is 215 Å². The van der Waals surface area contributed by atoms with Gasteiger partial charge in [0, 0.05) is 41.7 Å². The van der Waals surface area contributed by atoms with E-state index in [1.54, 1.807) is 24.3 Å². The zero-order valence-electron chi connectivity index (χ0n) is 19.0. The monoisotopic (exact) mass is 531 g/mol. The van der Waals surface area contributed by atoms with Gasteiger partial charge in [0.1, 0.15) is 6.10 Å². The number of carbonyl (C=O) groups is 2. The lowest BCUT2D eigenvalue weighted by molar-refractivity contribution is -0.137. The maximum atomic E-state index is 13.0. The average Bonchev–Trinajstić information content (AvgIpc) is 2.83. The van der Waals surface area contributed by atoms with Crippen LogP contribution in [0, 0.1) is 0 Å². The van der Waals surface area contributed by atoms with Crippen LogP contribution in [0.4, 0.5) is 24.5 Å². The van der Waals surface area contributed by atoms with E-state index in [-0.39, 0.29) is 18.8 Å². The average molecular weight is 532 g/mol. The van der Waals surface area contributed by atoms with E-state index in [0.29, 0.717) is 33.6 Å². The molecule has 0 saturated carbocycles. The molecule has 3 aromatic rings. The number of fused-ring (bicyclic) bond motifs is 1. The standard InChI is InChI=1S/C26H20F3N3O4.ClH/c27-26(28,29)17-9-7-15(8-10-17)18(16-11-12-30-24(35)13-16)3-1-6-23(34)31-20-4-2-5-21-19(20)14-22(33)25(36)32-21;/h1-13,22,33H,14H2,(H,30,35)(H,31,34)(H,32,36);1H/b6-1+,18-3-;. The van der Waals surface area contributed by atoms with Crippen LogP contribution >= 0.6 is 12.4 Å². The van der Waals surface area contributed by atoms with Crippen molar-refractivity contribution in [3.8, 4) is 0 Å². The molecule has 1 atom stereocenters. The van der Waals surface area contributed by atoms with Crippen molar-refractivity contribution in [3.05, 3.63) is 112 Å². The van der Waals surface area contributed by atoms with E-state index < -0.39 is 35.2 Å². The quantitative estimate of drug-likeness (QED) is 0.290. The number of halogens is 4. The first kappa shape index (κ1) is 27.4. The fraction of sp³-hybridized carbons (Fsp3) is 0.115. The Hall–Kier alpha value is -4.15. The van der Waals surface area contributed by atoms with Crippen molar-refractivity contribution in [2.45, 2.75) is 18.7 Å². The fourth-order valence-electron chi connectivity index (χ4n) is 3.76. The van der Waals surface area contributed by atoms with Gasteiger partial charge in [-0.2, -0.15) is 13.2 Å². The number of pyridine rings is 1. The van der Waals surface area contributed by atoms with Crippen LogP contribution in [-0.2, 0) is 22.2 Å². The van der Waals surface area contributed by atoms with Crippen molar-refractivity contribution in [1.29, 1.82) is 0 Å². The van der Waals surface area contributed by atoms with Gasteiger partial charge in [-0.25, -0.2) is 0 Å². The number of hydrogen-bond acceptors (Lipinski definition) is 4. The SMILES string of the molecule is Cl.O=C(/C=C/C=C(/c1ccc(C(F)(F)F)cc1)c1cc[nH]c(=O)c1)Nc1cccc2c1CC(O)C(=O)N2. The maximum absolute atomic E-state index is 13.0. The van der Waals surface area contributed by atoms with Gasteiger partial charge in [0.05, 0.1) is 5.56 Å². The second-order valence-corrected chi connectivity index (χ2v) is 7.99. The van der Waals surface area contributed by atoms with Gasteiger partial charge in [0.25, 0.3) is 5.91 Å². The lowest BCUT2D eigenvalue weighted by Crippen LogP contribution is -2.34. The van der Waals surface area contributed by atoms with E-state index in [9.17, 15) is 32.7 Å². The number of aliphatic hydroxyl groups is 1. The number of nitrogens with one attached hydrogen (secondary N) is 3. The molecular formula is C26H21ClF3N3O4. The zero-order chi connectivity index (χ0) is 25.9. The Balaban J connectivity index is 0.00000380. The molecule has 2 aromatic carbocycles. The second-order valence-electron chi connectivity index (χ2n) is 7.99. The number of benzene rings is 2. The molecule has 1 aromatic heterocycles. The van der Waals surface area contributed by atoms with Crippen molar-refractivity contribution >= 4 is 41.2 Å². The van der Waals surface area contributed by atoms with Gasteiger partial charge in [-0.05, 0) is 47.0 Å². The van der Waals surface area contributed by atoms with Crippen LogP contribution in [0.1, 0.15) is 22.3 Å². The summed E-state index contributed by atoms with van der Waals surface area (Å²) in [5, 5.41) is 15.1. The highest BCUT2D eigenvalue weighted by Crippen LogP contribution is 2.32. The molecule has 0 radical (unpaired) electrons. The third kappa shape index (κ3) is 6.54. The molecule has 4 N–H and O–H groups in total. The Morgan fingerprint density at radius 2 is 1.78 bits per heavy atom. The highest BCUT2D eigenvalue weighted by Gasteiger charge is 2.30. The summed E-state index contributed by atoms with van der Waals surface area (Å²) in [5.74, 6) is -1.03. The van der Waals surface area contributed by atoms with Crippen LogP contribution in [0.25, 0.3) is 5.57 Å². The molecule has 11 heteroatoms. The maximum Gasteiger partial charge on any atom is 0.416 e. The van der Waals surface area contributed by atoms with Crippen molar-refractivity contribution in [2.75, 3.05) is 10.6 Å². The minimum Gasteiger partial charge on any atom is -0.383 e. The van der Waals surface area contributed by atoms with Crippen molar-refractivity contribution < 1.29 is 27.9 Å². The van der Waals surface area contributed by atoms with Gasteiger partial charge in [0.15, 0.2) is 0 Å². The first-order chi connectivity index (χ1) is 17.1. The van der Waals surface area contributed by atoms with Crippen LogP contribution in [0.3, 0.4) is 0 Å². The van der Waals surface area contributed by atoms with E-state index in [1.165, 1.54) is 42.6 Å². The number of anilines is 2. The van der Waals surface area contributed by atoms with Crippen LogP contribution in [0.5, 0.6) is 0 Å². The van der Waals surface area contributed by atoms with Crippen LogP contribution < -0.4 is 16.2 Å². The van der Waals surface area contributed by atoms with Crippen molar-refractivity contribution in [3.63, 3.8) is 0 Å². The van der Waals surface area contributed by atoms with Gasteiger partial charge in [-0.3, -0.25) is 14.4 Å². The smallest absolute Gasteiger partial charge is 0.383 e. The van der Waals surface area contributed by atoms with E-state index >= 15 is 0 Å². The largest absolute Gasteiger partial charge is 0.416 e. The summed E-state index contributed by atoms with van der Waals surface area (Å²) < 4.78 is 38.9. The molecular weight excluding hydrogens is 511 g/mol. The topological polar surface area (TPSA) is 111 Å². The zero-order valence-corrected chi connectivity index (χ0v) is 19.8. The number of carbonyl (C=O) groups excluding carboxylic acids is 2. The lowest BCUT2D eigenvalue weighted by atomic mass is 9.97. The molecule has 1 aliphatic rings. The van der Waals surface area contributed by atoms with Gasteiger partial charge in [-0.1, -0.05) is 30.4 Å². The summed E-state index contributed by atoms with van der Waals surface area (Å²) >= 11 is 0. The number of aromatic nitrogens is 1. The molecule has 0 spiro atoms. The number of amides is 2. The number of hydrogen-bond donors (Lipinski definition) is 4. The molecule has 192 valence electrons. The number of aliphatic hydroxyl groups excluding tert-OH is 1. The minimum atomic E-state index is -4.49. The number of rotatable bonds is 5. The third-order valence-electron chi connectivity index (χ3n) is 5.51. The predicted octanol–water partition coefficient (Wildman–Crippen LogP) is 4.30. The number of H-pyrrole nitrogens is 1. The van der Waals surface area contributed by atoms with Gasteiger partial charge < -0.3 is 20.7 Å². The van der Waals surface area contributed by atoms with Gasteiger partial charge in [0.2, 0.25) is 11.5 Å². The number of allylic oxidation sites excluding steroid dienone is 2. The summed E-state index contributed by atoms with van der Waals surface area (Å²) in [4.78, 5) is 38.5. The lowest BCUT2D eigenvalue weighted by Gasteiger charge is -2.23. The van der Waals surface area contributed by atoms with Crippen LogP contribution in [0.2, 0.25) is 0 Å². The predicted molar refractivity (Wildman–Crippen MR) is 135 cm³/mol. The van der Waals surface area contributed by atoms with Crippen LogP contribution in [0.15, 0.2) is 83.8 Å². The van der Waals surface area contributed by atoms with Gasteiger partial charge in [-0.15, -0.1) is 12.4 Å². The highest BCUT2D eigenvalue weighted by molar-refractivity contribution is 6.03. The summed E-state index contributed by atoms with van der Waals surface area (Å²) in [5.41, 5.74) is 1.59. The van der Waals surface area contributed by atoms with Crippen LogP contribution in [-0.4, -0.2) is 28.0 Å². The molecule has 1 aliphatic heterocycles. The molecule has 37 heavy (non-hydrogen) atoms. The number of alkyl halides is 3. The first-order valence-corrected chi connectivity index (χ1v) is 10.8. The van der Waals surface area contributed by atoms with Crippen molar-refractivity contribution in [2.24, 2.45) is 0 Å². The Kier molecular flexibility index (Phi) is 8.36. The molecule has 2 amide bonds. The van der Waals surface area contributed by atoms with Gasteiger partial charge >= 0.3 is 6.18 Å². The van der Waals surface area contributed by atoms with E-state index in [1.807, 2.05) is 0 Å². The molecule has 0 bridgehead atoms.